The highest BCUT2D eigenvalue weighted by Crippen LogP contribution is 2.30. The number of halogens is 3. The first-order chi connectivity index (χ1) is 10.0. The maximum absolute atomic E-state index is 6.09. The van der Waals surface area contributed by atoms with Gasteiger partial charge in [0.2, 0.25) is 0 Å². The molecule has 2 aromatic carbocycles. The summed E-state index contributed by atoms with van der Waals surface area (Å²) in [7, 11) is 1.64. The molecule has 0 aliphatic carbocycles. The Labute approximate surface area is 147 Å². The molecule has 3 N–H and O–H groups in total. The molecule has 0 fully saturated rings. The van der Waals surface area contributed by atoms with Gasteiger partial charge in [0.25, 0.3) is 0 Å². The second-order valence-corrected chi connectivity index (χ2v) is 6.58. The summed E-state index contributed by atoms with van der Waals surface area (Å²) in [6, 6.07) is 11.2. The third kappa shape index (κ3) is 4.23. The van der Waals surface area contributed by atoms with Crippen molar-refractivity contribution in [3.05, 3.63) is 61.1 Å². The van der Waals surface area contributed by atoms with E-state index in [-0.39, 0.29) is 6.04 Å². The highest BCUT2D eigenvalue weighted by molar-refractivity contribution is 14.1. The number of nitrogens with one attached hydrogen (secondary N) is 1. The van der Waals surface area contributed by atoms with E-state index in [1.807, 2.05) is 30.3 Å². The van der Waals surface area contributed by atoms with Crippen LogP contribution in [0.15, 0.2) is 36.4 Å². The van der Waals surface area contributed by atoms with Crippen LogP contribution in [-0.2, 0) is 6.42 Å². The van der Waals surface area contributed by atoms with Crippen LogP contribution in [0.25, 0.3) is 0 Å². The molecule has 0 aliphatic rings. The molecular formula is C15H15Cl2IN2O. The van der Waals surface area contributed by atoms with Crippen molar-refractivity contribution in [3.8, 4) is 5.75 Å². The first-order valence-corrected chi connectivity index (χ1v) is 8.12. The van der Waals surface area contributed by atoms with E-state index in [0.29, 0.717) is 16.5 Å². The van der Waals surface area contributed by atoms with Gasteiger partial charge < -0.3 is 4.74 Å². The molecule has 0 aromatic heterocycles. The number of nitrogens with two attached hydrogens (primary N) is 1. The van der Waals surface area contributed by atoms with E-state index in [9.17, 15) is 0 Å². The smallest absolute Gasteiger partial charge is 0.122 e. The van der Waals surface area contributed by atoms with Crippen LogP contribution in [0.1, 0.15) is 17.2 Å². The molecule has 1 unspecified atom stereocenters. The predicted molar refractivity (Wildman–Crippen MR) is 95.9 cm³/mol. The molecule has 6 heteroatoms. The van der Waals surface area contributed by atoms with E-state index >= 15 is 0 Å². The van der Waals surface area contributed by atoms with E-state index < -0.39 is 0 Å². The van der Waals surface area contributed by atoms with Crippen LogP contribution < -0.4 is 16.0 Å². The van der Waals surface area contributed by atoms with Crippen LogP contribution in [0.5, 0.6) is 5.75 Å². The average molecular weight is 437 g/mol. The second-order valence-electron chi connectivity index (χ2n) is 4.55. The monoisotopic (exact) mass is 436 g/mol. The third-order valence-corrected chi connectivity index (χ3v) is 4.65. The molecule has 0 amide bonds. The average Bonchev–Trinajstić information content (AvgIpc) is 2.47. The number of benzene rings is 2. The van der Waals surface area contributed by atoms with Gasteiger partial charge in [0.05, 0.1) is 13.2 Å². The lowest BCUT2D eigenvalue weighted by molar-refractivity contribution is 0.405. The highest BCUT2D eigenvalue weighted by Gasteiger charge is 2.17. The van der Waals surface area contributed by atoms with Gasteiger partial charge in [0, 0.05) is 13.6 Å². The molecule has 0 radical (unpaired) electrons. The first kappa shape index (κ1) is 16.8. The van der Waals surface area contributed by atoms with Crippen LogP contribution >= 0.6 is 45.8 Å². The molecule has 0 saturated carbocycles. The summed E-state index contributed by atoms with van der Waals surface area (Å²) in [6.45, 7) is 0. The summed E-state index contributed by atoms with van der Waals surface area (Å²) in [5, 5.41) is 1.35. The Morgan fingerprint density at radius 3 is 2.52 bits per heavy atom. The van der Waals surface area contributed by atoms with Gasteiger partial charge in [0.15, 0.2) is 0 Å². The summed E-state index contributed by atoms with van der Waals surface area (Å²) in [5.74, 6) is 6.52. The van der Waals surface area contributed by atoms with Crippen molar-refractivity contribution in [1.82, 2.24) is 5.43 Å². The summed E-state index contributed by atoms with van der Waals surface area (Å²) < 4.78 is 6.48. The van der Waals surface area contributed by atoms with Gasteiger partial charge in [-0.05, 0) is 76.5 Å². The zero-order valence-electron chi connectivity index (χ0n) is 11.4. The van der Waals surface area contributed by atoms with Crippen molar-refractivity contribution in [1.29, 1.82) is 0 Å². The van der Waals surface area contributed by atoms with E-state index in [1.54, 1.807) is 13.2 Å². The van der Waals surface area contributed by atoms with Gasteiger partial charge in [-0.3, -0.25) is 11.3 Å². The van der Waals surface area contributed by atoms with Crippen molar-refractivity contribution < 1.29 is 4.74 Å². The molecule has 3 nitrogen and oxygen atoms in total. The van der Waals surface area contributed by atoms with E-state index in [1.165, 1.54) is 0 Å². The fourth-order valence-electron chi connectivity index (χ4n) is 2.17. The lowest BCUT2D eigenvalue weighted by atomic mass is 9.99. The van der Waals surface area contributed by atoms with Gasteiger partial charge in [-0.25, -0.2) is 0 Å². The largest absolute Gasteiger partial charge is 0.496 e. The molecule has 0 bridgehead atoms. The Hall–Kier alpha value is -0.530. The topological polar surface area (TPSA) is 47.3 Å². The number of hydrogen-bond donors (Lipinski definition) is 2. The molecule has 2 rings (SSSR count). The van der Waals surface area contributed by atoms with Gasteiger partial charge in [-0.2, -0.15) is 0 Å². The standard InChI is InChI=1S/C15H15Cl2IN2O/c1-21-15-5-3-10(16)6-9(15)7-14(20-19)12-8-11(17)2-4-13(12)18/h2-6,8,14,20H,7,19H2,1H3. The van der Waals surface area contributed by atoms with E-state index in [0.717, 1.165) is 20.4 Å². The minimum atomic E-state index is -0.0806. The third-order valence-electron chi connectivity index (χ3n) is 3.20. The molecule has 21 heavy (non-hydrogen) atoms. The molecular weight excluding hydrogens is 422 g/mol. The number of rotatable bonds is 5. The lowest BCUT2D eigenvalue weighted by Crippen LogP contribution is -2.30. The Morgan fingerprint density at radius 2 is 1.86 bits per heavy atom. The van der Waals surface area contributed by atoms with Crippen molar-refractivity contribution >= 4 is 45.8 Å². The van der Waals surface area contributed by atoms with Crippen LogP contribution in [0.2, 0.25) is 10.0 Å². The number of hydrazine groups is 1. The minimum Gasteiger partial charge on any atom is -0.496 e. The van der Waals surface area contributed by atoms with Gasteiger partial charge >= 0.3 is 0 Å². The Kier molecular flexibility index (Phi) is 6.13. The van der Waals surface area contributed by atoms with Crippen LogP contribution in [0.4, 0.5) is 0 Å². The number of ether oxygens (including phenoxy) is 1. The lowest BCUT2D eigenvalue weighted by Gasteiger charge is -2.20. The summed E-state index contributed by atoms with van der Waals surface area (Å²) in [5.41, 5.74) is 4.88. The molecule has 1 atom stereocenters. The van der Waals surface area contributed by atoms with Gasteiger partial charge in [0.1, 0.15) is 5.75 Å². The zero-order chi connectivity index (χ0) is 15.4. The quantitative estimate of drug-likeness (QED) is 0.416. The van der Waals surface area contributed by atoms with Crippen molar-refractivity contribution in [2.24, 2.45) is 5.84 Å². The second kappa shape index (κ2) is 7.65. The van der Waals surface area contributed by atoms with Crippen LogP contribution in [0.3, 0.4) is 0 Å². The van der Waals surface area contributed by atoms with E-state index in [2.05, 4.69) is 28.0 Å². The maximum Gasteiger partial charge on any atom is 0.122 e. The SMILES string of the molecule is COc1ccc(Cl)cc1CC(NN)c1cc(Cl)ccc1I. The van der Waals surface area contributed by atoms with Crippen LogP contribution in [-0.4, -0.2) is 7.11 Å². The summed E-state index contributed by atoms with van der Waals surface area (Å²) in [6.07, 6.45) is 0.649. The number of methoxy groups -OCH3 is 1. The fourth-order valence-corrected chi connectivity index (χ4v) is 3.25. The number of hydrogen-bond acceptors (Lipinski definition) is 3. The van der Waals surface area contributed by atoms with Crippen molar-refractivity contribution in [2.75, 3.05) is 7.11 Å². The highest BCUT2D eigenvalue weighted by atomic mass is 127. The molecule has 0 spiro atoms. The van der Waals surface area contributed by atoms with Crippen molar-refractivity contribution in [2.45, 2.75) is 12.5 Å². The minimum absolute atomic E-state index is 0.0806. The maximum atomic E-state index is 6.09. The zero-order valence-corrected chi connectivity index (χ0v) is 15.0. The Morgan fingerprint density at radius 1 is 1.19 bits per heavy atom. The molecule has 0 aliphatic heterocycles. The van der Waals surface area contributed by atoms with Gasteiger partial charge in [-0.1, -0.05) is 23.2 Å². The normalized spacial score (nSPS) is 12.2. The first-order valence-electron chi connectivity index (χ1n) is 6.28. The fraction of sp³-hybridized carbons (Fsp3) is 0.200. The molecule has 2 aromatic rings. The van der Waals surface area contributed by atoms with E-state index in [4.69, 9.17) is 33.8 Å². The summed E-state index contributed by atoms with van der Waals surface area (Å²) >= 11 is 14.4. The van der Waals surface area contributed by atoms with Gasteiger partial charge in [-0.15, -0.1) is 0 Å². The predicted octanol–water partition coefficient (Wildman–Crippen LogP) is 4.35. The molecule has 0 saturated heterocycles. The Bertz CT molecular complexity index is 637. The van der Waals surface area contributed by atoms with Crippen molar-refractivity contribution in [3.63, 3.8) is 0 Å². The molecule has 112 valence electrons. The van der Waals surface area contributed by atoms with Crippen LogP contribution in [0, 0.1) is 3.57 Å². The Balaban J connectivity index is 2.35. The summed E-state index contributed by atoms with van der Waals surface area (Å²) in [4.78, 5) is 0. The molecule has 0 heterocycles.